The number of amides is 1. The summed E-state index contributed by atoms with van der Waals surface area (Å²) in [6.07, 6.45) is 1.77. The first-order chi connectivity index (χ1) is 3.81. The van der Waals surface area contributed by atoms with Gasteiger partial charge in [-0.3, -0.25) is 4.79 Å². The molecule has 0 aromatic heterocycles. The predicted molar refractivity (Wildman–Crippen MR) is 30.5 cm³/mol. The highest BCUT2D eigenvalue weighted by atomic mass is 16.2. The lowest BCUT2D eigenvalue weighted by Crippen LogP contribution is -2.19. The summed E-state index contributed by atoms with van der Waals surface area (Å²) in [5, 5.41) is 10.5. The van der Waals surface area contributed by atoms with Crippen LogP contribution in [0.1, 0.15) is 6.92 Å². The third-order valence-electron chi connectivity index (χ3n) is 0.577. The van der Waals surface area contributed by atoms with Crippen LogP contribution >= 0.6 is 0 Å². The van der Waals surface area contributed by atoms with Gasteiger partial charge < -0.3 is 10.4 Å². The molecule has 0 fully saturated rings. The maximum absolute atomic E-state index is 10.3. The number of hydrogen-bond donors (Lipinski definition) is 2. The average molecular weight is 115 g/mol. The molecule has 0 saturated carbocycles. The Bertz CT molecular complexity index is 98.6. The molecular formula is C5H9NO2. The van der Waals surface area contributed by atoms with Crippen LogP contribution in [0.25, 0.3) is 0 Å². The highest BCUT2D eigenvalue weighted by Gasteiger charge is 1.86. The Morgan fingerprint density at radius 2 is 2.50 bits per heavy atom. The van der Waals surface area contributed by atoms with E-state index in [1.807, 2.05) is 6.92 Å². The lowest BCUT2D eigenvalue weighted by molar-refractivity contribution is -0.116. The van der Waals surface area contributed by atoms with Crippen molar-refractivity contribution in [1.29, 1.82) is 0 Å². The Labute approximate surface area is 48.0 Å². The minimum atomic E-state index is -0.269. The van der Waals surface area contributed by atoms with Crippen molar-refractivity contribution in [2.75, 3.05) is 6.54 Å². The average Bonchev–Trinajstić information content (AvgIpc) is 1.68. The number of carbonyl (C=O) groups excluding carboxylic acids is 1. The van der Waals surface area contributed by atoms with E-state index in [1.54, 1.807) is 0 Å². The zero-order valence-electron chi connectivity index (χ0n) is 4.72. The molecule has 0 heterocycles. The fourth-order valence-electron chi connectivity index (χ4n) is 0.301. The Kier molecular flexibility index (Phi) is 3.66. The number of nitrogens with one attached hydrogen (secondary N) is 1. The van der Waals surface area contributed by atoms with Crippen molar-refractivity contribution in [2.24, 2.45) is 0 Å². The van der Waals surface area contributed by atoms with Crippen molar-refractivity contribution < 1.29 is 9.90 Å². The highest BCUT2D eigenvalue weighted by molar-refractivity contribution is 5.87. The van der Waals surface area contributed by atoms with Crippen LogP contribution in [0.2, 0.25) is 0 Å². The lowest BCUT2D eigenvalue weighted by Gasteiger charge is -1.91. The summed E-state index contributed by atoms with van der Waals surface area (Å²) in [4.78, 5) is 10.3. The molecule has 1 amide bonds. The molecule has 0 aromatic carbocycles. The normalized spacial score (nSPS) is 9.62. The molecule has 0 bridgehead atoms. The molecule has 3 nitrogen and oxygen atoms in total. The van der Waals surface area contributed by atoms with Crippen LogP contribution in [0.3, 0.4) is 0 Å². The van der Waals surface area contributed by atoms with Crippen molar-refractivity contribution >= 4 is 5.91 Å². The van der Waals surface area contributed by atoms with E-state index in [1.165, 1.54) is 0 Å². The molecule has 0 aliphatic carbocycles. The summed E-state index contributed by atoms with van der Waals surface area (Å²) in [5.41, 5.74) is 0. The van der Waals surface area contributed by atoms with Gasteiger partial charge in [0.25, 0.3) is 0 Å². The molecule has 0 spiro atoms. The summed E-state index contributed by atoms with van der Waals surface area (Å²) in [6, 6.07) is 0. The van der Waals surface area contributed by atoms with Crippen LogP contribution < -0.4 is 5.32 Å². The molecule has 3 heteroatoms. The molecule has 0 aliphatic heterocycles. The van der Waals surface area contributed by atoms with E-state index in [4.69, 9.17) is 5.11 Å². The van der Waals surface area contributed by atoms with Crippen LogP contribution in [0.4, 0.5) is 0 Å². The Morgan fingerprint density at radius 3 is 2.88 bits per heavy atom. The second kappa shape index (κ2) is 4.18. The van der Waals surface area contributed by atoms with Gasteiger partial charge in [-0.1, -0.05) is 0 Å². The van der Waals surface area contributed by atoms with E-state index in [2.05, 4.69) is 5.32 Å². The van der Waals surface area contributed by atoms with Crippen molar-refractivity contribution in [3.63, 3.8) is 0 Å². The number of hydrogen-bond acceptors (Lipinski definition) is 2. The van der Waals surface area contributed by atoms with Gasteiger partial charge in [-0.15, -0.1) is 0 Å². The zero-order chi connectivity index (χ0) is 6.41. The Morgan fingerprint density at radius 1 is 1.88 bits per heavy atom. The number of aliphatic hydroxyl groups is 1. The fraction of sp³-hybridized carbons (Fsp3) is 0.400. The number of aliphatic hydroxyl groups excluding tert-OH is 1. The SMILES string of the molecule is CCNC(=O)C=CO. The number of likely N-dealkylation sites (N-methyl/N-ethyl adjacent to an activating group) is 1. The molecule has 0 aromatic rings. The fourth-order valence-corrected chi connectivity index (χ4v) is 0.301. The maximum atomic E-state index is 10.3. The molecule has 0 rings (SSSR count). The van der Waals surface area contributed by atoms with Gasteiger partial charge in [0.1, 0.15) is 0 Å². The van der Waals surface area contributed by atoms with Gasteiger partial charge in [0.05, 0.1) is 6.26 Å². The first kappa shape index (κ1) is 7.01. The van der Waals surface area contributed by atoms with E-state index in [9.17, 15) is 4.79 Å². The van der Waals surface area contributed by atoms with E-state index < -0.39 is 0 Å². The standard InChI is InChI=1S/C5H9NO2/c1-2-6-5(8)3-4-7/h3-4,7H,2H2,1H3,(H,6,8). The molecule has 0 radical (unpaired) electrons. The number of carbonyl (C=O) groups is 1. The first-order valence-electron chi connectivity index (χ1n) is 2.39. The van der Waals surface area contributed by atoms with Gasteiger partial charge in [0.2, 0.25) is 5.91 Å². The van der Waals surface area contributed by atoms with Crippen molar-refractivity contribution in [2.45, 2.75) is 6.92 Å². The Hall–Kier alpha value is -0.990. The molecule has 46 valence electrons. The summed E-state index contributed by atoms with van der Waals surface area (Å²) in [5.74, 6) is -0.269. The largest absolute Gasteiger partial charge is 0.515 e. The van der Waals surface area contributed by atoms with Crippen LogP contribution in [0.5, 0.6) is 0 Å². The molecule has 8 heavy (non-hydrogen) atoms. The van der Waals surface area contributed by atoms with Gasteiger partial charge in [0.15, 0.2) is 0 Å². The minimum absolute atomic E-state index is 0.269. The first-order valence-corrected chi connectivity index (χ1v) is 2.39. The third kappa shape index (κ3) is 3.21. The van der Waals surface area contributed by atoms with Crippen LogP contribution in [-0.4, -0.2) is 17.6 Å². The zero-order valence-corrected chi connectivity index (χ0v) is 4.72. The monoisotopic (exact) mass is 115 g/mol. The molecular weight excluding hydrogens is 106 g/mol. The van der Waals surface area contributed by atoms with Gasteiger partial charge >= 0.3 is 0 Å². The predicted octanol–water partition coefficient (Wildman–Crippen LogP) is 0.194. The molecule has 0 unspecified atom stereocenters. The topological polar surface area (TPSA) is 49.3 Å². The van der Waals surface area contributed by atoms with Crippen LogP contribution in [0, 0.1) is 0 Å². The number of rotatable bonds is 2. The van der Waals surface area contributed by atoms with E-state index in [0.29, 0.717) is 12.8 Å². The lowest BCUT2D eigenvalue weighted by atomic mass is 10.5. The molecule has 0 saturated heterocycles. The van der Waals surface area contributed by atoms with Crippen molar-refractivity contribution in [3.8, 4) is 0 Å². The Balaban J connectivity index is 3.33. The highest BCUT2D eigenvalue weighted by Crippen LogP contribution is 1.66. The molecule has 2 N–H and O–H groups in total. The second-order valence-corrected chi connectivity index (χ2v) is 1.21. The van der Waals surface area contributed by atoms with Gasteiger partial charge in [-0.2, -0.15) is 0 Å². The minimum Gasteiger partial charge on any atom is -0.515 e. The summed E-state index contributed by atoms with van der Waals surface area (Å²) < 4.78 is 0. The van der Waals surface area contributed by atoms with Gasteiger partial charge in [-0.05, 0) is 6.92 Å². The summed E-state index contributed by atoms with van der Waals surface area (Å²) in [7, 11) is 0. The van der Waals surface area contributed by atoms with Gasteiger partial charge in [0, 0.05) is 12.6 Å². The van der Waals surface area contributed by atoms with E-state index in [0.717, 1.165) is 6.08 Å². The van der Waals surface area contributed by atoms with Crippen molar-refractivity contribution in [1.82, 2.24) is 5.32 Å². The molecule has 0 atom stereocenters. The van der Waals surface area contributed by atoms with E-state index >= 15 is 0 Å². The third-order valence-corrected chi connectivity index (χ3v) is 0.577. The molecule has 0 aliphatic rings. The van der Waals surface area contributed by atoms with Crippen molar-refractivity contribution in [3.05, 3.63) is 12.3 Å². The van der Waals surface area contributed by atoms with Crippen LogP contribution in [-0.2, 0) is 4.79 Å². The van der Waals surface area contributed by atoms with E-state index in [-0.39, 0.29) is 5.91 Å². The van der Waals surface area contributed by atoms with Gasteiger partial charge in [-0.25, -0.2) is 0 Å². The summed E-state index contributed by atoms with van der Waals surface area (Å²) >= 11 is 0. The van der Waals surface area contributed by atoms with Crippen LogP contribution in [0.15, 0.2) is 12.3 Å². The smallest absolute Gasteiger partial charge is 0.247 e. The second-order valence-electron chi connectivity index (χ2n) is 1.21. The maximum Gasteiger partial charge on any atom is 0.247 e. The quantitative estimate of drug-likeness (QED) is 0.399. The summed E-state index contributed by atoms with van der Waals surface area (Å²) in [6.45, 7) is 2.40.